The van der Waals surface area contributed by atoms with Gasteiger partial charge in [0.25, 0.3) is 5.91 Å². The fraction of sp³-hybridized carbons (Fsp3) is 0.176. The monoisotopic (exact) mass is 440 g/mol. The van der Waals surface area contributed by atoms with Gasteiger partial charge in [0.1, 0.15) is 5.75 Å². The molecule has 7 heteroatoms. The fourth-order valence-electron chi connectivity index (χ4n) is 1.81. The zero-order valence-electron chi connectivity index (χ0n) is 13.0. The minimum atomic E-state index is -0.524. The van der Waals surface area contributed by atoms with Crippen LogP contribution in [0.1, 0.15) is 5.56 Å². The molecule has 0 aliphatic heterocycles. The number of rotatable bonds is 6. The Labute approximate surface area is 153 Å². The highest BCUT2D eigenvalue weighted by Gasteiger charge is 2.04. The maximum atomic E-state index is 11.8. The van der Waals surface area contributed by atoms with Gasteiger partial charge in [-0.25, -0.2) is 4.79 Å². The van der Waals surface area contributed by atoms with E-state index in [1.54, 1.807) is 12.1 Å². The number of carbonyl (C=O) groups is 2. The van der Waals surface area contributed by atoms with E-state index in [1.807, 2.05) is 36.4 Å². The van der Waals surface area contributed by atoms with Crippen LogP contribution in [0.15, 0.2) is 48.5 Å². The average Bonchev–Trinajstić information content (AvgIpc) is 2.60. The van der Waals surface area contributed by atoms with E-state index in [0.29, 0.717) is 18.0 Å². The van der Waals surface area contributed by atoms with E-state index < -0.39 is 6.09 Å². The molecule has 0 radical (unpaired) electrons. The predicted molar refractivity (Wildman–Crippen MR) is 99.0 cm³/mol. The average molecular weight is 440 g/mol. The first-order valence-corrected chi connectivity index (χ1v) is 8.23. The largest absolute Gasteiger partial charge is 0.484 e. The highest BCUT2D eigenvalue weighted by Crippen LogP contribution is 2.13. The van der Waals surface area contributed by atoms with E-state index in [9.17, 15) is 9.59 Å². The number of amides is 2. The van der Waals surface area contributed by atoms with Gasteiger partial charge in [0.2, 0.25) is 0 Å². The van der Waals surface area contributed by atoms with Crippen LogP contribution in [0.2, 0.25) is 0 Å². The highest BCUT2D eigenvalue weighted by atomic mass is 127. The van der Waals surface area contributed by atoms with Crippen molar-refractivity contribution in [1.82, 2.24) is 5.32 Å². The van der Waals surface area contributed by atoms with Crippen LogP contribution >= 0.6 is 22.6 Å². The molecule has 0 saturated heterocycles. The summed E-state index contributed by atoms with van der Waals surface area (Å²) in [6.07, 6.45) is -0.524. The molecule has 126 valence electrons. The minimum Gasteiger partial charge on any atom is -0.484 e. The molecule has 6 nitrogen and oxygen atoms in total. The van der Waals surface area contributed by atoms with Crippen molar-refractivity contribution in [3.05, 3.63) is 57.7 Å². The number of methoxy groups -OCH3 is 1. The molecular weight excluding hydrogens is 423 g/mol. The number of nitrogens with one attached hydrogen (secondary N) is 2. The summed E-state index contributed by atoms with van der Waals surface area (Å²) in [6.45, 7) is 0.343. The molecule has 24 heavy (non-hydrogen) atoms. The highest BCUT2D eigenvalue weighted by molar-refractivity contribution is 14.1. The Kier molecular flexibility index (Phi) is 6.86. The van der Waals surface area contributed by atoms with E-state index in [0.717, 1.165) is 9.13 Å². The second-order valence-corrected chi connectivity index (χ2v) is 6.08. The third kappa shape index (κ3) is 6.07. The molecule has 2 N–H and O–H groups in total. The Bertz CT molecular complexity index is 687. The van der Waals surface area contributed by atoms with E-state index in [1.165, 1.54) is 7.11 Å². The van der Waals surface area contributed by atoms with Gasteiger partial charge in [-0.1, -0.05) is 12.1 Å². The van der Waals surface area contributed by atoms with Crippen molar-refractivity contribution in [2.24, 2.45) is 0 Å². The van der Waals surface area contributed by atoms with E-state index >= 15 is 0 Å². The van der Waals surface area contributed by atoms with Crippen LogP contribution in [-0.2, 0) is 16.1 Å². The summed E-state index contributed by atoms with van der Waals surface area (Å²) in [7, 11) is 1.30. The van der Waals surface area contributed by atoms with Crippen molar-refractivity contribution in [3.8, 4) is 5.75 Å². The Morgan fingerprint density at radius 3 is 2.33 bits per heavy atom. The van der Waals surface area contributed by atoms with Gasteiger partial charge in [-0.05, 0) is 64.6 Å². The van der Waals surface area contributed by atoms with Gasteiger partial charge in [-0.3, -0.25) is 10.1 Å². The quantitative estimate of drug-likeness (QED) is 0.677. The molecule has 0 heterocycles. The molecule has 0 aromatic heterocycles. The number of hydrogen-bond acceptors (Lipinski definition) is 4. The summed E-state index contributed by atoms with van der Waals surface area (Å²) < 4.78 is 11.0. The molecule has 0 bridgehead atoms. The standard InChI is InChI=1S/C17H17IN2O4/c1-23-17(22)20-14-6-2-12(3-7-14)10-19-16(21)11-24-15-8-4-13(18)5-9-15/h2-9H,10-11H2,1H3,(H,19,21)(H,20,22). The van der Waals surface area contributed by atoms with Crippen LogP contribution in [0.3, 0.4) is 0 Å². The maximum Gasteiger partial charge on any atom is 0.411 e. The Morgan fingerprint density at radius 1 is 1.04 bits per heavy atom. The second-order valence-electron chi connectivity index (χ2n) is 4.83. The van der Waals surface area contributed by atoms with Crippen LogP contribution in [0.5, 0.6) is 5.75 Å². The molecule has 0 unspecified atom stereocenters. The first-order chi connectivity index (χ1) is 11.6. The van der Waals surface area contributed by atoms with Crippen molar-refractivity contribution in [2.45, 2.75) is 6.54 Å². The summed E-state index contributed by atoms with van der Waals surface area (Å²) in [6, 6.07) is 14.6. The van der Waals surface area contributed by atoms with Gasteiger partial charge in [0, 0.05) is 15.8 Å². The SMILES string of the molecule is COC(=O)Nc1ccc(CNC(=O)COc2ccc(I)cc2)cc1. The lowest BCUT2D eigenvalue weighted by Crippen LogP contribution is -2.28. The molecule has 0 spiro atoms. The van der Waals surface area contributed by atoms with Gasteiger partial charge in [-0.15, -0.1) is 0 Å². The van der Waals surface area contributed by atoms with Gasteiger partial charge in [-0.2, -0.15) is 0 Å². The lowest BCUT2D eigenvalue weighted by molar-refractivity contribution is -0.123. The summed E-state index contributed by atoms with van der Waals surface area (Å²) in [5.74, 6) is 0.453. The molecule has 2 aromatic rings. The Hall–Kier alpha value is -2.29. The van der Waals surface area contributed by atoms with Crippen molar-refractivity contribution in [3.63, 3.8) is 0 Å². The van der Waals surface area contributed by atoms with Crippen molar-refractivity contribution >= 4 is 40.3 Å². The number of benzene rings is 2. The molecule has 2 rings (SSSR count). The van der Waals surface area contributed by atoms with Crippen molar-refractivity contribution < 1.29 is 19.1 Å². The number of anilines is 1. The molecule has 0 aliphatic carbocycles. The first kappa shape index (κ1) is 18.1. The van der Waals surface area contributed by atoms with E-state index in [4.69, 9.17) is 4.74 Å². The second kappa shape index (κ2) is 9.11. The minimum absolute atomic E-state index is 0.0391. The normalized spacial score (nSPS) is 9.92. The third-order valence-electron chi connectivity index (χ3n) is 3.06. The first-order valence-electron chi connectivity index (χ1n) is 7.16. The number of hydrogen-bond donors (Lipinski definition) is 2. The number of halogens is 1. The lowest BCUT2D eigenvalue weighted by Gasteiger charge is -2.08. The van der Waals surface area contributed by atoms with E-state index in [-0.39, 0.29) is 12.5 Å². The molecular formula is C17H17IN2O4. The van der Waals surface area contributed by atoms with Crippen LogP contribution < -0.4 is 15.4 Å². The van der Waals surface area contributed by atoms with Gasteiger partial charge >= 0.3 is 6.09 Å². The molecule has 2 amide bonds. The number of carbonyl (C=O) groups excluding carboxylic acids is 2. The topological polar surface area (TPSA) is 76.7 Å². The van der Waals surface area contributed by atoms with Gasteiger partial charge in [0.15, 0.2) is 6.61 Å². The lowest BCUT2D eigenvalue weighted by atomic mass is 10.2. The molecule has 2 aromatic carbocycles. The zero-order valence-corrected chi connectivity index (χ0v) is 15.2. The Morgan fingerprint density at radius 2 is 1.71 bits per heavy atom. The molecule has 0 aliphatic rings. The summed E-state index contributed by atoms with van der Waals surface area (Å²) in [4.78, 5) is 22.9. The maximum absolute atomic E-state index is 11.8. The Balaban J connectivity index is 1.75. The summed E-state index contributed by atoms with van der Waals surface area (Å²) in [5.41, 5.74) is 1.53. The molecule has 0 atom stereocenters. The van der Waals surface area contributed by atoms with Gasteiger partial charge in [0.05, 0.1) is 7.11 Å². The fourth-order valence-corrected chi connectivity index (χ4v) is 2.17. The third-order valence-corrected chi connectivity index (χ3v) is 3.78. The van der Waals surface area contributed by atoms with Gasteiger partial charge < -0.3 is 14.8 Å². The van der Waals surface area contributed by atoms with Crippen LogP contribution in [-0.4, -0.2) is 25.7 Å². The number of ether oxygens (including phenoxy) is 2. The molecule has 0 fully saturated rings. The van der Waals surface area contributed by atoms with Crippen LogP contribution in [0.25, 0.3) is 0 Å². The van der Waals surface area contributed by atoms with Crippen LogP contribution in [0, 0.1) is 3.57 Å². The predicted octanol–water partition coefficient (Wildman–Crippen LogP) is 3.16. The van der Waals surface area contributed by atoms with Crippen LogP contribution in [0.4, 0.5) is 10.5 Å². The summed E-state index contributed by atoms with van der Waals surface area (Å²) in [5, 5.41) is 5.33. The van der Waals surface area contributed by atoms with Crippen molar-refractivity contribution in [1.29, 1.82) is 0 Å². The summed E-state index contributed by atoms with van der Waals surface area (Å²) >= 11 is 2.20. The smallest absolute Gasteiger partial charge is 0.411 e. The zero-order chi connectivity index (χ0) is 17.4. The molecule has 0 saturated carbocycles. The van der Waals surface area contributed by atoms with Crippen molar-refractivity contribution in [2.75, 3.05) is 19.0 Å². The van der Waals surface area contributed by atoms with E-state index in [2.05, 4.69) is 38.0 Å².